The van der Waals surface area contributed by atoms with Crippen LogP contribution in [0.1, 0.15) is 52.4 Å². The van der Waals surface area contributed by atoms with Crippen LogP contribution in [0.25, 0.3) is 0 Å². The minimum atomic E-state index is -0.928. The Morgan fingerprint density at radius 1 is 1.40 bits per heavy atom. The number of hydrogen-bond acceptors (Lipinski definition) is 4. The second kappa shape index (κ2) is 8.09. The minimum Gasteiger partial charge on any atom is -0.409 e. The summed E-state index contributed by atoms with van der Waals surface area (Å²) in [6, 6.07) is 0. The molecule has 0 radical (unpaired) electrons. The molecule has 6 heteroatoms. The van der Waals surface area contributed by atoms with E-state index in [1.54, 1.807) is 0 Å². The average molecular weight is 285 g/mol. The van der Waals surface area contributed by atoms with Crippen molar-refractivity contribution in [3.05, 3.63) is 0 Å². The van der Waals surface area contributed by atoms with E-state index >= 15 is 0 Å². The lowest BCUT2D eigenvalue weighted by Gasteiger charge is -2.28. The van der Waals surface area contributed by atoms with Crippen molar-refractivity contribution in [3.8, 4) is 0 Å². The molecular formula is C14H27N3O3. The molecule has 0 unspecified atom stereocenters. The largest absolute Gasteiger partial charge is 0.409 e. The zero-order valence-electron chi connectivity index (χ0n) is 12.5. The van der Waals surface area contributed by atoms with Gasteiger partial charge < -0.3 is 21.0 Å². The van der Waals surface area contributed by atoms with Crippen molar-refractivity contribution >= 4 is 11.7 Å². The summed E-state index contributed by atoms with van der Waals surface area (Å²) in [5.74, 6) is -0.232. The molecule has 0 aromatic carbocycles. The maximum atomic E-state index is 12.3. The molecule has 20 heavy (non-hydrogen) atoms. The molecular weight excluding hydrogens is 258 g/mol. The Labute approximate surface area is 120 Å². The Morgan fingerprint density at radius 3 is 2.50 bits per heavy atom. The zero-order chi connectivity index (χ0) is 15.0. The van der Waals surface area contributed by atoms with Crippen LogP contribution in [-0.2, 0) is 9.53 Å². The first-order valence-corrected chi connectivity index (χ1v) is 7.48. The number of amides is 1. The van der Waals surface area contributed by atoms with Crippen LogP contribution in [0.3, 0.4) is 0 Å². The molecule has 1 fully saturated rings. The van der Waals surface area contributed by atoms with E-state index < -0.39 is 5.41 Å². The van der Waals surface area contributed by atoms with Crippen LogP contribution in [0.5, 0.6) is 0 Å². The summed E-state index contributed by atoms with van der Waals surface area (Å²) in [7, 11) is 0. The van der Waals surface area contributed by atoms with E-state index in [1.807, 2.05) is 13.8 Å². The highest BCUT2D eigenvalue weighted by molar-refractivity contribution is 6.06. The first-order chi connectivity index (χ1) is 9.60. The number of ether oxygens (including phenoxy) is 1. The molecule has 0 aliphatic heterocycles. The van der Waals surface area contributed by atoms with E-state index in [9.17, 15) is 4.79 Å². The van der Waals surface area contributed by atoms with E-state index in [0.29, 0.717) is 32.1 Å². The topological polar surface area (TPSA) is 96.9 Å². The summed E-state index contributed by atoms with van der Waals surface area (Å²) >= 11 is 0. The molecule has 6 nitrogen and oxygen atoms in total. The van der Waals surface area contributed by atoms with E-state index in [1.165, 1.54) is 12.8 Å². The summed E-state index contributed by atoms with van der Waals surface area (Å²) in [5.41, 5.74) is 4.76. The maximum absolute atomic E-state index is 12.3. The molecule has 0 bridgehead atoms. The van der Waals surface area contributed by atoms with Crippen LogP contribution in [0, 0.1) is 5.41 Å². The highest BCUT2D eigenvalue weighted by Crippen LogP contribution is 2.27. The van der Waals surface area contributed by atoms with Gasteiger partial charge >= 0.3 is 0 Å². The number of hydrogen-bond donors (Lipinski definition) is 3. The summed E-state index contributed by atoms with van der Waals surface area (Å²) in [4.78, 5) is 12.3. The van der Waals surface area contributed by atoms with Crippen LogP contribution in [0.4, 0.5) is 0 Å². The number of nitrogens with two attached hydrogens (primary N) is 1. The molecule has 1 amide bonds. The monoisotopic (exact) mass is 285 g/mol. The molecule has 0 aromatic rings. The van der Waals surface area contributed by atoms with Gasteiger partial charge in [-0.05, 0) is 25.7 Å². The maximum Gasteiger partial charge on any atom is 0.234 e. The fourth-order valence-corrected chi connectivity index (χ4v) is 2.76. The molecule has 116 valence electrons. The van der Waals surface area contributed by atoms with E-state index in [2.05, 4.69) is 10.5 Å². The molecule has 1 aliphatic rings. The van der Waals surface area contributed by atoms with Crippen molar-refractivity contribution in [2.75, 3.05) is 13.2 Å². The number of amidine groups is 1. The lowest BCUT2D eigenvalue weighted by atomic mass is 9.80. The number of nitrogens with one attached hydrogen (secondary N) is 1. The van der Waals surface area contributed by atoms with Gasteiger partial charge in [-0.2, -0.15) is 0 Å². The number of carbonyl (C=O) groups excluding carboxylic acids is 1. The van der Waals surface area contributed by atoms with Crippen molar-refractivity contribution < 1.29 is 14.7 Å². The fourth-order valence-electron chi connectivity index (χ4n) is 2.76. The first-order valence-electron chi connectivity index (χ1n) is 7.48. The summed E-state index contributed by atoms with van der Waals surface area (Å²) in [5, 5.41) is 14.7. The Balaban J connectivity index is 2.42. The van der Waals surface area contributed by atoms with Crippen molar-refractivity contribution in [3.63, 3.8) is 0 Å². The minimum absolute atomic E-state index is 0.0308. The smallest absolute Gasteiger partial charge is 0.234 e. The average Bonchev–Trinajstić information content (AvgIpc) is 2.98. The summed E-state index contributed by atoms with van der Waals surface area (Å²) in [6.45, 7) is 4.68. The molecule has 0 saturated heterocycles. The Bertz CT molecular complexity index is 335. The van der Waals surface area contributed by atoms with Crippen LogP contribution < -0.4 is 11.1 Å². The molecule has 1 aliphatic carbocycles. The van der Waals surface area contributed by atoms with Gasteiger partial charge in [0.1, 0.15) is 5.41 Å². The lowest BCUT2D eigenvalue weighted by molar-refractivity contribution is -0.128. The first kappa shape index (κ1) is 16.8. The number of rotatable bonds is 8. The predicted molar refractivity (Wildman–Crippen MR) is 77.6 cm³/mol. The molecule has 0 heterocycles. The number of nitrogens with zero attached hydrogens (tertiary/aromatic N) is 1. The normalized spacial score (nSPS) is 17.4. The second-order valence-corrected chi connectivity index (χ2v) is 5.31. The third-order valence-electron chi connectivity index (χ3n) is 4.28. The fraction of sp³-hybridized carbons (Fsp3) is 0.857. The zero-order valence-corrected chi connectivity index (χ0v) is 12.5. The molecule has 1 saturated carbocycles. The molecule has 0 aromatic heterocycles. The Kier molecular flexibility index (Phi) is 6.78. The summed E-state index contributed by atoms with van der Waals surface area (Å²) < 4.78 is 5.69. The van der Waals surface area contributed by atoms with Gasteiger partial charge in [-0.25, -0.2) is 0 Å². The van der Waals surface area contributed by atoms with Crippen LogP contribution >= 0.6 is 0 Å². The number of oxime groups is 1. The summed E-state index contributed by atoms with van der Waals surface area (Å²) in [6.07, 6.45) is 6.03. The van der Waals surface area contributed by atoms with Crippen molar-refractivity contribution in [2.24, 2.45) is 16.3 Å². The van der Waals surface area contributed by atoms with Crippen molar-refractivity contribution in [1.82, 2.24) is 5.32 Å². The van der Waals surface area contributed by atoms with Gasteiger partial charge in [0, 0.05) is 6.54 Å². The van der Waals surface area contributed by atoms with Gasteiger partial charge in [-0.15, -0.1) is 0 Å². The molecule has 0 atom stereocenters. The standard InChI is InChI=1S/C14H27N3O3/c1-3-14(4-2,12(15)17-19)13(18)16-9-10-20-11-7-5-6-8-11/h11,19H,3-10H2,1-2H3,(H2,15,17)(H,16,18). The van der Waals surface area contributed by atoms with Crippen molar-refractivity contribution in [1.29, 1.82) is 0 Å². The highest BCUT2D eigenvalue weighted by Gasteiger charge is 2.39. The van der Waals surface area contributed by atoms with Crippen molar-refractivity contribution in [2.45, 2.75) is 58.5 Å². The Hall–Kier alpha value is -1.30. The third-order valence-corrected chi connectivity index (χ3v) is 4.28. The van der Waals surface area contributed by atoms with Crippen LogP contribution in [0.2, 0.25) is 0 Å². The van der Waals surface area contributed by atoms with Gasteiger partial charge in [-0.3, -0.25) is 4.79 Å². The van der Waals surface area contributed by atoms with Gasteiger partial charge in [0.15, 0.2) is 5.84 Å². The quantitative estimate of drug-likeness (QED) is 0.207. The van der Waals surface area contributed by atoms with Gasteiger partial charge in [-0.1, -0.05) is 31.8 Å². The predicted octanol–water partition coefficient (Wildman–Crippen LogP) is 1.61. The number of carbonyl (C=O) groups is 1. The molecule has 0 spiro atoms. The lowest BCUT2D eigenvalue weighted by Crippen LogP contribution is -2.50. The Morgan fingerprint density at radius 2 is 2.00 bits per heavy atom. The van der Waals surface area contributed by atoms with Gasteiger partial charge in [0.05, 0.1) is 12.7 Å². The third kappa shape index (κ3) is 3.85. The molecule has 1 rings (SSSR count). The highest BCUT2D eigenvalue weighted by atomic mass is 16.5. The van der Waals surface area contributed by atoms with E-state index in [-0.39, 0.29) is 11.7 Å². The van der Waals surface area contributed by atoms with Gasteiger partial charge in [0.25, 0.3) is 0 Å². The SMILES string of the molecule is CCC(CC)(C(=O)NCCOC1CCCC1)C(N)=NO. The van der Waals surface area contributed by atoms with Crippen LogP contribution in [-0.4, -0.2) is 36.2 Å². The molecule has 4 N–H and O–H groups in total. The van der Waals surface area contributed by atoms with E-state index in [4.69, 9.17) is 15.7 Å². The van der Waals surface area contributed by atoms with E-state index in [0.717, 1.165) is 12.8 Å². The van der Waals surface area contributed by atoms with Crippen LogP contribution in [0.15, 0.2) is 5.16 Å². The second-order valence-electron chi connectivity index (χ2n) is 5.31. The van der Waals surface area contributed by atoms with Gasteiger partial charge in [0.2, 0.25) is 5.91 Å².